The van der Waals surface area contributed by atoms with Crippen LogP contribution in [-0.2, 0) is 9.59 Å². The largest absolute Gasteiger partial charge is 0.323 e. The summed E-state index contributed by atoms with van der Waals surface area (Å²) in [5.41, 5.74) is 3.98. The lowest BCUT2D eigenvalue weighted by Gasteiger charge is -2.20. The molecule has 0 unspecified atom stereocenters. The first-order chi connectivity index (χ1) is 15.0. The van der Waals surface area contributed by atoms with E-state index in [-0.39, 0.29) is 5.91 Å². The first-order valence-corrected chi connectivity index (χ1v) is 10.6. The molecule has 3 aromatic carbocycles. The van der Waals surface area contributed by atoms with Gasteiger partial charge in [0.05, 0.1) is 11.4 Å². The van der Waals surface area contributed by atoms with Gasteiger partial charge in [-0.3, -0.25) is 9.59 Å². The highest BCUT2D eigenvalue weighted by atomic mass is 79.9. The summed E-state index contributed by atoms with van der Waals surface area (Å²) in [7, 11) is 1.70. The molecule has 0 fully saturated rings. The average molecular weight is 474 g/mol. The number of aliphatic imine (C=N–C) groups is 1. The van der Waals surface area contributed by atoms with Crippen LogP contribution in [0.5, 0.6) is 0 Å². The number of nitrogens with one attached hydrogen (secondary N) is 1. The van der Waals surface area contributed by atoms with E-state index in [2.05, 4.69) is 26.2 Å². The summed E-state index contributed by atoms with van der Waals surface area (Å²) in [5, 5.41) is 2.74. The molecule has 31 heavy (non-hydrogen) atoms. The zero-order valence-electron chi connectivity index (χ0n) is 16.8. The van der Waals surface area contributed by atoms with E-state index in [0.29, 0.717) is 5.71 Å². The topological polar surface area (TPSA) is 61.8 Å². The number of carbonyl (C=O) groups excluding carboxylic acids is 2. The summed E-state index contributed by atoms with van der Waals surface area (Å²) in [6.45, 7) is 0. The van der Waals surface area contributed by atoms with Gasteiger partial charge in [-0.25, -0.2) is 4.99 Å². The van der Waals surface area contributed by atoms with Crippen molar-refractivity contribution in [2.75, 3.05) is 11.9 Å². The first kappa shape index (κ1) is 20.8. The van der Waals surface area contributed by atoms with Crippen LogP contribution in [0, 0.1) is 0 Å². The van der Waals surface area contributed by atoms with Gasteiger partial charge in [0.1, 0.15) is 0 Å². The van der Waals surface area contributed by atoms with Crippen molar-refractivity contribution in [3.63, 3.8) is 0 Å². The molecule has 2 amide bonds. The van der Waals surface area contributed by atoms with E-state index in [0.717, 1.165) is 26.9 Å². The highest BCUT2D eigenvalue weighted by Gasteiger charge is 2.30. The molecule has 6 heteroatoms. The Kier molecular flexibility index (Phi) is 6.09. The van der Waals surface area contributed by atoms with E-state index in [1.54, 1.807) is 13.1 Å². The molecule has 0 bridgehead atoms. The SMILES string of the molecule is CN1C(=O)[C@H](NC(=O)C=Cc2ccccc2Br)N=C(c2ccccc2)c2ccccc21. The summed E-state index contributed by atoms with van der Waals surface area (Å²) in [4.78, 5) is 32.0. The molecule has 0 aliphatic carbocycles. The van der Waals surface area contributed by atoms with E-state index in [9.17, 15) is 9.59 Å². The van der Waals surface area contributed by atoms with Gasteiger partial charge in [-0.15, -0.1) is 0 Å². The molecule has 1 aliphatic heterocycles. The van der Waals surface area contributed by atoms with Crippen molar-refractivity contribution in [1.82, 2.24) is 5.32 Å². The van der Waals surface area contributed by atoms with Gasteiger partial charge in [-0.2, -0.15) is 0 Å². The average Bonchev–Trinajstić information content (AvgIpc) is 2.90. The van der Waals surface area contributed by atoms with Crippen molar-refractivity contribution >= 4 is 45.2 Å². The fraction of sp³-hybridized carbons (Fsp3) is 0.0800. The highest BCUT2D eigenvalue weighted by Crippen LogP contribution is 2.27. The van der Waals surface area contributed by atoms with E-state index >= 15 is 0 Å². The number of carbonyl (C=O) groups is 2. The smallest absolute Gasteiger partial charge is 0.272 e. The lowest BCUT2D eigenvalue weighted by Crippen LogP contribution is -2.45. The third-order valence-electron chi connectivity index (χ3n) is 4.99. The standard InChI is InChI=1S/C25H20BrN3O2/c1-29-21-14-8-6-12-19(21)23(18-10-3-2-4-11-18)28-24(25(29)31)27-22(30)16-15-17-9-5-7-13-20(17)26/h2-16,24H,1H3,(H,27,30)/t24-/m1/s1. The summed E-state index contributed by atoms with van der Waals surface area (Å²) in [6, 6.07) is 24.8. The fourth-order valence-corrected chi connectivity index (χ4v) is 3.82. The summed E-state index contributed by atoms with van der Waals surface area (Å²) < 4.78 is 0.879. The molecule has 4 rings (SSSR count). The molecule has 1 aliphatic rings. The van der Waals surface area contributed by atoms with Crippen molar-refractivity contribution in [1.29, 1.82) is 0 Å². The van der Waals surface area contributed by atoms with Crippen molar-refractivity contribution in [2.24, 2.45) is 4.99 Å². The molecular weight excluding hydrogens is 454 g/mol. The van der Waals surface area contributed by atoms with Gasteiger partial charge in [-0.05, 0) is 23.8 Å². The number of rotatable bonds is 4. The molecule has 0 radical (unpaired) electrons. The Bertz CT molecular complexity index is 1190. The van der Waals surface area contributed by atoms with Crippen LogP contribution in [0.25, 0.3) is 6.08 Å². The van der Waals surface area contributed by atoms with Gasteiger partial charge in [-0.1, -0.05) is 82.7 Å². The lowest BCUT2D eigenvalue weighted by molar-refractivity contribution is -0.124. The fourth-order valence-electron chi connectivity index (χ4n) is 3.40. The number of halogens is 1. The normalized spacial score (nSPS) is 15.9. The predicted molar refractivity (Wildman–Crippen MR) is 127 cm³/mol. The minimum absolute atomic E-state index is 0.305. The second kappa shape index (κ2) is 9.10. The number of anilines is 1. The first-order valence-electron chi connectivity index (χ1n) is 9.78. The van der Waals surface area contributed by atoms with Gasteiger partial charge in [0.2, 0.25) is 12.1 Å². The predicted octanol–water partition coefficient (Wildman–Crippen LogP) is 4.42. The summed E-state index contributed by atoms with van der Waals surface area (Å²) in [6.07, 6.45) is 2.06. The van der Waals surface area contributed by atoms with E-state index in [4.69, 9.17) is 0 Å². The van der Waals surface area contributed by atoms with E-state index < -0.39 is 12.1 Å². The van der Waals surface area contributed by atoms with Crippen molar-refractivity contribution < 1.29 is 9.59 Å². The van der Waals surface area contributed by atoms with E-state index in [1.807, 2.05) is 78.9 Å². The molecule has 3 aromatic rings. The number of benzene rings is 3. The molecule has 0 saturated carbocycles. The maximum absolute atomic E-state index is 13.1. The Labute approximate surface area is 189 Å². The third kappa shape index (κ3) is 4.49. The number of hydrogen-bond donors (Lipinski definition) is 1. The van der Waals surface area contributed by atoms with Gasteiger partial charge >= 0.3 is 0 Å². The van der Waals surface area contributed by atoms with Gasteiger partial charge in [0.15, 0.2) is 0 Å². The zero-order valence-corrected chi connectivity index (χ0v) is 18.4. The number of likely N-dealkylation sites (N-methyl/N-ethyl adjacent to an activating group) is 1. The monoisotopic (exact) mass is 473 g/mol. The summed E-state index contributed by atoms with van der Waals surface area (Å²) in [5.74, 6) is -0.703. The van der Waals surface area contributed by atoms with Crippen LogP contribution in [0.4, 0.5) is 5.69 Å². The number of amides is 2. The Morgan fingerprint density at radius 2 is 1.68 bits per heavy atom. The van der Waals surface area contributed by atoms with Gasteiger partial charge in [0, 0.05) is 28.7 Å². The maximum atomic E-state index is 13.1. The number of hydrogen-bond acceptors (Lipinski definition) is 3. The molecule has 1 atom stereocenters. The quantitative estimate of drug-likeness (QED) is 0.570. The van der Waals surface area contributed by atoms with Crippen molar-refractivity contribution in [2.45, 2.75) is 6.17 Å². The van der Waals surface area contributed by atoms with Crippen molar-refractivity contribution in [3.05, 3.63) is 106 Å². The van der Waals surface area contributed by atoms with Crippen LogP contribution < -0.4 is 10.2 Å². The molecule has 154 valence electrons. The molecule has 0 aromatic heterocycles. The number of benzodiazepines with no additional fused rings is 1. The summed E-state index contributed by atoms with van der Waals surface area (Å²) >= 11 is 3.46. The van der Waals surface area contributed by atoms with Crippen LogP contribution in [0.2, 0.25) is 0 Å². The molecule has 1 N–H and O–H groups in total. The minimum Gasteiger partial charge on any atom is -0.323 e. The van der Waals surface area contributed by atoms with Crippen molar-refractivity contribution in [3.8, 4) is 0 Å². The number of fused-ring (bicyclic) bond motifs is 1. The molecule has 0 spiro atoms. The molecule has 5 nitrogen and oxygen atoms in total. The highest BCUT2D eigenvalue weighted by molar-refractivity contribution is 9.10. The molecule has 0 saturated heterocycles. The Balaban J connectivity index is 1.68. The third-order valence-corrected chi connectivity index (χ3v) is 5.71. The molecule has 1 heterocycles. The lowest BCUT2D eigenvalue weighted by atomic mass is 10.0. The number of para-hydroxylation sites is 1. The van der Waals surface area contributed by atoms with Crippen LogP contribution in [0.3, 0.4) is 0 Å². The van der Waals surface area contributed by atoms with Gasteiger partial charge < -0.3 is 10.2 Å². The number of nitrogens with zero attached hydrogens (tertiary/aromatic N) is 2. The van der Waals surface area contributed by atoms with Crippen LogP contribution >= 0.6 is 15.9 Å². The van der Waals surface area contributed by atoms with Crippen LogP contribution in [0.15, 0.2) is 94.4 Å². The van der Waals surface area contributed by atoms with Crippen LogP contribution in [-0.4, -0.2) is 30.7 Å². The van der Waals surface area contributed by atoms with Gasteiger partial charge in [0.25, 0.3) is 5.91 Å². The Morgan fingerprint density at radius 1 is 1.00 bits per heavy atom. The molecular formula is C25H20BrN3O2. The van der Waals surface area contributed by atoms with E-state index in [1.165, 1.54) is 11.0 Å². The zero-order chi connectivity index (χ0) is 21.8. The maximum Gasteiger partial charge on any atom is 0.272 e. The minimum atomic E-state index is -1.04. The Hall–Kier alpha value is -3.51. The second-order valence-electron chi connectivity index (χ2n) is 7.02. The Morgan fingerprint density at radius 3 is 2.45 bits per heavy atom. The van der Waals surface area contributed by atoms with Crippen LogP contribution in [0.1, 0.15) is 16.7 Å². The second-order valence-corrected chi connectivity index (χ2v) is 7.88.